The van der Waals surface area contributed by atoms with Crippen molar-refractivity contribution < 1.29 is 23.8 Å². The van der Waals surface area contributed by atoms with Gasteiger partial charge in [0, 0.05) is 31.5 Å². The predicted octanol–water partition coefficient (Wildman–Crippen LogP) is 3.06. The molecular weight excluding hydrogens is 346 g/mol. The first-order chi connectivity index (χ1) is 13.1. The molecule has 3 heterocycles. The highest BCUT2D eigenvalue weighted by Crippen LogP contribution is 2.39. The van der Waals surface area contributed by atoms with Gasteiger partial charge in [0.1, 0.15) is 11.4 Å². The number of ketones is 1. The highest BCUT2D eigenvalue weighted by atomic mass is 16.7. The summed E-state index contributed by atoms with van der Waals surface area (Å²) < 4.78 is 16.9. The summed E-state index contributed by atoms with van der Waals surface area (Å²) in [6.45, 7) is 1.30. The van der Waals surface area contributed by atoms with Crippen LogP contribution in [0, 0.1) is 0 Å². The molecule has 6 heteroatoms. The molecule has 1 amide bonds. The van der Waals surface area contributed by atoms with Gasteiger partial charge in [-0.2, -0.15) is 0 Å². The third-order valence-electron chi connectivity index (χ3n) is 5.58. The summed E-state index contributed by atoms with van der Waals surface area (Å²) in [5.41, 5.74) is 0.736. The fraction of sp³-hybridized carbons (Fsp3) is 0.333. The van der Waals surface area contributed by atoms with Crippen molar-refractivity contribution in [3.05, 3.63) is 53.6 Å². The number of hydrogen-bond acceptors (Lipinski definition) is 5. The average molecular weight is 365 g/mol. The van der Waals surface area contributed by atoms with Crippen LogP contribution in [-0.2, 0) is 0 Å². The number of fused-ring (bicyclic) bond motifs is 2. The van der Waals surface area contributed by atoms with Gasteiger partial charge < -0.3 is 19.1 Å². The number of para-hydroxylation sites is 1. The molecule has 0 radical (unpaired) electrons. The lowest BCUT2D eigenvalue weighted by molar-refractivity contribution is -0.00571. The zero-order valence-electron chi connectivity index (χ0n) is 14.8. The van der Waals surface area contributed by atoms with E-state index in [1.165, 1.54) is 0 Å². The summed E-state index contributed by atoms with van der Waals surface area (Å²) in [5, 5.41) is 0. The van der Waals surface area contributed by atoms with E-state index in [0.29, 0.717) is 60.7 Å². The molecule has 2 aromatic rings. The molecule has 0 N–H and O–H groups in total. The van der Waals surface area contributed by atoms with E-state index < -0.39 is 5.60 Å². The van der Waals surface area contributed by atoms with Gasteiger partial charge in [-0.3, -0.25) is 9.59 Å². The zero-order valence-corrected chi connectivity index (χ0v) is 14.8. The minimum Gasteiger partial charge on any atom is -0.486 e. The molecule has 138 valence electrons. The van der Waals surface area contributed by atoms with E-state index in [0.717, 1.165) is 0 Å². The number of piperidine rings is 1. The predicted molar refractivity (Wildman–Crippen MR) is 96.5 cm³/mol. The Morgan fingerprint density at radius 3 is 2.59 bits per heavy atom. The van der Waals surface area contributed by atoms with Gasteiger partial charge in [0.15, 0.2) is 17.3 Å². The Labute approximate surface area is 156 Å². The molecule has 0 unspecified atom stereocenters. The molecule has 0 saturated carbocycles. The lowest BCUT2D eigenvalue weighted by Gasteiger charge is -2.44. The molecule has 0 aliphatic carbocycles. The van der Waals surface area contributed by atoms with Crippen LogP contribution in [0.3, 0.4) is 0 Å². The average Bonchev–Trinajstić information content (AvgIpc) is 3.16. The van der Waals surface area contributed by atoms with E-state index in [4.69, 9.17) is 14.2 Å². The van der Waals surface area contributed by atoms with Crippen LogP contribution in [0.25, 0.3) is 0 Å². The SMILES string of the molecule is O=C1CC2(CCN(C(=O)c3ccc4c(c3)OCO4)CC2)Oc2ccccc21. The van der Waals surface area contributed by atoms with Crippen LogP contribution in [0.5, 0.6) is 17.2 Å². The monoisotopic (exact) mass is 365 g/mol. The molecule has 0 atom stereocenters. The molecule has 5 rings (SSSR count). The van der Waals surface area contributed by atoms with E-state index >= 15 is 0 Å². The van der Waals surface area contributed by atoms with Crippen LogP contribution in [0.15, 0.2) is 42.5 Å². The smallest absolute Gasteiger partial charge is 0.253 e. The summed E-state index contributed by atoms with van der Waals surface area (Å²) in [6.07, 6.45) is 1.66. The molecule has 6 nitrogen and oxygen atoms in total. The second-order valence-electron chi connectivity index (χ2n) is 7.24. The molecule has 1 fully saturated rings. The number of rotatable bonds is 1. The minimum absolute atomic E-state index is 0.0364. The van der Waals surface area contributed by atoms with Crippen molar-refractivity contribution in [2.45, 2.75) is 24.9 Å². The molecule has 0 bridgehead atoms. The van der Waals surface area contributed by atoms with E-state index in [1.54, 1.807) is 18.2 Å². The molecular formula is C21H19NO5. The van der Waals surface area contributed by atoms with E-state index in [9.17, 15) is 9.59 Å². The van der Waals surface area contributed by atoms with Crippen LogP contribution in [-0.4, -0.2) is 42.1 Å². The Kier molecular flexibility index (Phi) is 3.60. The normalized spacial score (nSPS) is 19.6. The number of hydrogen-bond donors (Lipinski definition) is 0. The van der Waals surface area contributed by atoms with Gasteiger partial charge in [-0.15, -0.1) is 0 Å². The van der Waals surface area contributed by atoms with Gasteiger partial charge in [0.2, 0.25) is 6.79 Å². The Hall–Kier alpha value is -3.02. The topological polar surface area (TPSA) is 65.1 Å². The van der Waals surface area contributed by atoms with E-state index in [-0.39, 0.29) is 18.5 Å². The fourth-order valence-corrected chi connectivity index (χ4v) is 4.05. The largest absolute Gasteiger partial charge is 0.486 e. The van der Waals surface area contributed by atoms with Crippen molar-refractivity contribution in [2.75, 3.05) is 19.9 Å². The Morgan fingerprint density at radius 1 is 0.963 bits per heavy atom. The number of carbonyl (C=O) groups is 2. The standard InChI is InChI=1S/C21H19NO5/c23-16-12-21(27-17-4-2-1-3-15(16)17)7-9-22(10-8-21)20(24)14-5-6-18-19(11-14)26-13-25-18/h1-6,11H,7-10,12-13H2. The van der Waals surface area contributed by atoms with Crippen LogP contribution >= 0.6 is 0 Å². The summed E-state index contributed by atoms with van der Waals surface area (Å²) in [6, 6.07) is 12.6. The fourth-order valence-electron chi connectivity index (χ4n) is 4.05. The zero-order chi connectivity index (χ0) is 18.4. The maximum absolute atomic E-state index is 12.9. The van der Waals surface area contributed by atoms with Gasteiger partial charge in [0.25, 0.3) is 5.91 Å². The Morgan fingerprint density at radius 2 is 1.74 bits per heavy atom. The van der Waals surface area contributed by atoms with Crippen molar-refractivity contribution in [3.8, 4) is 17.2 Å². The number of amides is 1. The first-order valence-corrected chi connectivity index (χ1v) is 9.14. The number of carbonyl (C=O) groups excluding carboxylic acids is 2. The second kappa shape index (κ2) is 6.01. The number of benzene rings is 2. The van der Waals surface area contributed by atoms with E-state index in [1.807, 2.05) is 29.2 Å². The van der Waals surface area contributed by atoms with Crippen molar-refractivity contribution in [1.29, 1.82) is 0 Å². The van der Waals surface area contributed by atoms with Crippen molar-refractivity contribution in [1.82, 2.24) is 4.90 Å². The first kappa shape index (κ1) is 16.2. The number of nitrogens with zero attached hydrogens (tertiary/aromatic N) is 1. The summed E-state index contributed by atoms with van der Waals surface area (Å²) >= 11 is 0. The number of likely N-dealkylation sites (tertiary alicyclic amines) is 1. The van der Waals surface area contributed by atoms with Crippen molar-refractivity contribution in [2.24, 2.45) is 0 Å². The highest BCUT2D eigenvalue weighted by molar-refractivity contribution is 6.00. The van der Waals surface area contributed by atoms with Crippen molar-refractivity contribution in [3.63, 3.8) is 0 Å². The van der Waals surface area contributed by atoms with Gasteiger partial charge in [-0.1, -0.05) is 12.1 Å². The molecule has 1 spiro atoms. The summed E-state index contributed by atoms with van der Waals surface area (Å²) in [4.78, 5) is 27.2. The molecule has 1 saturated heterocycles. The molecule has 3 aliphatic rings. The van der Waals surface area contributed by atoms with E-state index in [2.05, 4.69) is 0 Å². The summed E-state index contributed by atoms with van der Waals surface area (Å²) in [7, 11) is 0. The maximum atomic E-state index is 12.9. The van der Waals surface area contributed by atoms with Gasteiger partial charge in [-0.25, -0.2) is 0 Å². The van der Waals surface area contributed by atoms with Crippen LogP contribution < -0.4 is 14.2 Å². The van der Waals surface area contributed by atoms with Gasteiger partial charge >= 0.3 is 0 Å². The Bertz CT molecular complexity index is 930. The lowest BCUT2D eigenvalue weighted by Crippen LogP contribution is -2.52. The maximum Gasteiger partial charge on any atom is 0.253 e. The minimum atomic E-state index is -0.503. The second-order valence-corrected chi connectivity index (χ2v) is 7.24. The van der Waals surface area contributed by atoms with Crippen molar-refractivity contribution >= 4 is 11.7 Å². The third-order valence-corrected chi connectivity index (χ3v) is 5.58. The molecule has 2 aromatic carbocycles. The first-order valence-electron chi connectivity index (χ1n) is 9.14. The van der Waals surface area contributed by atoms with Crippen LogP contribution in [0.4, 0.5) is 0 Å². The van der Waals surface area contributed by atoms with Gasteiger partial charge in [0.05, 0.1) is 12.0 Å². The quantitative estimate of drug-likeness (QED) is 0.777. The third kappa shape index (κ3) is 2.72. The van der Waals surface area contributed by atoms with Crippen LogP contribution in [0.1, 0.15) is 40.0 Å². The molecule has 0 aromatic heterocycles. The number of ether oxygens (including phenoxy) is 3. The molecule has 3 aliphatic heterocycles. The summed E-state index contributed by atoms with van der Waals surface area (Å²) in [5.74, 6) is 2.01. The molecule has 27 heavy (non-hydrogen) atoms. The van der Waals surface area contributed by atoms with Crippen LogP contribution in [0.2, 0.25) is 0 Å². The number of Topliss-reactive ketones (excluding diaryl/α,β-unsaturated/α-hetero) is 1. The highest BCUT2D eigenvalue weighted by Gasteiger charge is 2.43. The van der Waals surface area contributed by atoms with Gasteiger partial charge in [-0.05, 0) is 30.3 Å². The Balaban J connectivity index is 1.30. The lowest BCUT2D eigenvalue weighted by atomic mass is 9.82.